The summed E-state index contributed by atoms with van der Waals surface area (Å²) in [5.74, 6) is -2.61. The van der Waals surface area contributed by atoms with Gasteiger partial charge < -0.3 is 15.5 Å². The van der Waals surface area contributed by atoms with Crippen LogP contribution < -0.4 is 5.32 Å². The monoisotopic (exact) mass is 586 g/mol. The van der Waals surface area contributed by atoms with Gasteiger partial charge in [0, 0.05) is 5.69 Å². The third-order valence-corrected chi connectivity index (χ3v) is 7.41. The van der Waals surface area contributed by atoms with Crippen LogP contribution >= 0.6 is 24.0 Å². The number of azo groups is 1. The highest BCUT2D eigenvalue weighted by Crippen LogP contribution is 2.45. The van der Waals surface area contributed by atoms with E-state index >= 15 is 4.39 Å². The van der Waals surface area contributed by atoms with E-state index in [4.69, 9.17) is 12.2 Å². The molecule has 4 aromatic rings. The SMILES string of the molecule is Cc1ccc(-n2c(O)c(N=Nc3ccc(/C=C4/SC(=S)NC4=O)cc3O)c3c(F)cc(C(F)(F)F)cc32)cc1C. The molecule has 0 aliphatic carbocycles. The number of nitrogens with zero attached hydrogens (tertiary/aromatic N) is 3. The quantitative estimate of drug-likeness (QED) is 0.0984. The first-order valence-corrected chi connectivity index (χ1v) is 12.8. The maximum Gasteiger partial charge on any atom is 0.416 e. The summed E-state index contributed by atoms with van der Waals surface area (Å²) < 4.78 is 57.1. The number of amides is 1. The van der Waals surface area contributed by atoms with E-state index in [0.717, 1.165) is 33.5 Å². The van der Waals surface area contributed by atoms with E-state index in [0.29, 0.717) is 26.5 Å². The number of phenols is 1. The van der Waals surface area contributed by atoms with Gasteiger partial charge in [0.1, 0.15) is 21.6 Å². The van der Waals surface area contributed by atoms with Gasteiger partial charge in [-0.3, -0.25) is 9.36 Å². The lowest BCUT2D eigenvalue weighted by molar-refractivity contribution is -0.137. The van der Waals surface area contributed by atoms with Crippen LogP contribution in [0.2, 0.25) is 0 Å². The van der Waals surface area contributed by atoms with E-state index in [1.54, 1.807) is 25.1 Å². The topological polar surface area (TPSA) is 99.2 Å². The third kappa shape index (κ3) is 5.05. The van der Waals surface area contributed by atoms with Crippen LogP contribution in [0.5, 0.6) is 11.6 Å². The molecule has 13 heteroatoms. The fraction of sp³-hybridized carbons (Fsp3) is 0.111. The zero-order valence-electron chi connectivity index (χ0n) is 20.7. The fourth-order valence-electron chi connectivity index (χ4n) is 4.11. The van der Waals surface area contributed by atoms with Crippen LogP contribution in [0.3, 0.4) is 0 Å². The Bertz CT molecular complexity index is 1800. The molecule has 5 rings (SSSR count). The molecule has 0 spiro atoms. The molecule has 7 nitrogen and oxygen atoms in total. The molecule has 40 heavy (non-hydrogen) atoms. The van der Waals surface area contributed by atoms with Gasteiger partial charge in [0.2, 0.25) is 5.88 Å². The lowest BCUT2D eigenvalue weighted by Gasteiger charge is -2.11. The number of hydrogen-bond acceptors (Lipinski definition) is 7. The van der Waals surface area contributed by atoms with Crippen molar-refractivity contribution in [1.82, 2.24) is 9.88 Å². The molecule has 0 radical (unpaired) electrons. The minimum absolute atomic E-state index is 0.0694. The van der Waals surface area contributed by atoms with Crippen molar-refractivity contribution in [3.05, 3.63) is 81.5 Å². The van der Waals surface area contributed by atoms with E-state index in [2.05, 4.69) is 15.5 Å². The first-order chi connectivity index (χ1) is 18.8. The van der Waals surface area contributed by atoms with Crippen LogP contribution in [0.15, 0.2) is 63.7 Å². The highest BCUT2D eigenvalue weighted by molar-refractivity contribution is 8.26. The van der Waals surface area contributed by atoms with Crippen LogP contribution in [0, 0.1) is 19.7 Å². The first kappa shape index (κ1) is 27.3. The van der Waals surface area contributed by atoms with Gasteiger partial charge in [-0.25, -0.2) is 4.39 Å². The number of phenolic OH excluding ortho intramolecular Hbond substituents is 1. The Morgan fingerprint density at radius 2 is 1.77 bits per heavy atom. The van der Waals surface area contributed by atoms with Gasteiger partial charge in [-0.2, -0.15) is 13.2 Å². The molecule has 0 bridgehead atoms. The smallest absolute Gasteiger partial charge is 0.416 e. The lowest BCUT2D eigenvalue weighted by Crippen LogP contribution is -2.17. The van der Waals surface area contributed by atoms with E-state index < -0.39 is 29.1 Å². The summed E-state index contributed by atoms with van der Waals surface area (Å²) >= 11 is 6.02. The second-order valence-corrected chi connectivity index (χ2v) is 10.6. The molecule has 3 aromatic carbocycles. The van der Waals surface area contributed by atoms with Gasteiger partial charge in [-0.15, -0.1) is 10.2 Å². The number of carbonyl (C=O) groups excluding carboxylic acids is 1. The summed E-state index contributed by atoms with van der Waals surface area (Å²) in [6.07, 6.45) is -3.33. The van der Waals surface area contributed by atoms with Crippen molar-refractivity contribution >= 4 is 62.6 Å². The number of thioether (sulfide) groups is 1. The molecule has 1 fully saturated rings. The molecular formula is C27H18F4N4O3S2. The van der Waals surface area contributed by atoms with Gasteiger partial charge in [-0.1, -0.05) is 36.1 Å². The second-order valence-electron chi connectivity index (χ2n) is 8.93. The predicted molar refractivity (Wildman–Crippen MR) is 148 cm³/mol. The number of nitrogens with one attached hydrogen (secondary N) is 1. The predicted octanol–water partition coefficient (Wildman–Crippen LogP) is 7.72. The Balaban J connectivity index is 1.62. The summed E-state index contributed by atoms with van der Waals surface area (Å²) in [4.78, 5) is 12.2. The Kier molecular flexibility index (Phi) is 6.88. The van der Waals surface area contributed by atoms with Crippen LogP contribution in [0.4, 0.5) is 28.9 Å². The molecule has 1 aliphatic rings. The van der Waals surface area contributed by atoms with E-state index in [1.807, 2.05) is 6.92 Å². The van der Waals surface area contributed by atoms with Crippen molar-refractivity contribution in [2.24, 2.45) is 10.2 Å². The maximum atomic E-state index is 15.2. The molecule has 3 N–H and O–H groups in total. The second kappa shape index (κ2) is 10.1. The molecule has 1 saturated heterocycles. The van der Waals surface area contributed by atoms with Crippen molar-refractivity contribution in [3.63, 3.8) is 0 Å². The van der Waals surface area contributed by atoms with Crippen LogP contribution in [0.25, 0.3) is 22.7 Å². The third-order valence-electron chi connectivity index (χ3n) is 6.24. The summed E-state index contributed by atoms with van der Waals surface area (Å²) in [6.45, 7) is 3.64. The summed E-state index contributed by atoms with van der Waals surface area (Å²) in [7, 11) is 0. The Morgan fingerprint density at radius 1 is 1.02 bits per heavy atom. The van der Waals surface area contributed by atoms with Gasteiger partial charge in [-0.05, 0) is 73.0 Å². The number of aromatic hydroxyl groups is 2. The van der Waals surface area contributed by atoms with Crippen molar-refractivity contribution in [3.8, 4) is 17.3 Å². The molecule has 1 aliphatic heterocycles. The number of carbonyl (C=O) groups is 1. The van der Waals surface area contributed by atoms with E-state index in [-0.39, 0.29) is 28.2 Å². The molecule has 0 unspecified atom stereocenters. The van der Waals surface area contributed by atoms with Crippen molar-refractivity contribution in [1.29, 1.82) is 0 Å². The number of rotatable bonds is 4. The molecule has 1 aromatic heterocycles. The van der Waals surface area contributed by atoms with Crippen LogP contribution in [-0.4, -0.2) is 25.0 Å². The van der Waals surface area contributed by atoms with Gasteiger partial charge in [0.15, 0.2) is 5.69 Å². The molecular weight excluding hydrogens is 568 g/mol. The normalized spacial score (nSPS) is 15.1. The van der Waals surface area contributed by atoms with Crippen LogP contribution in [0.1, 0.15) is 22.3 Å². The van der Waals surface area contributed by atoms with Crippen LogP contribution in [-0.2, 0) is 11.0 Å². The summed E-state index contributed by atoms with van der Waals surface area (Å²) in [5, 5.41) is 31.5. The largest absolute Gasteiger partial charge is 0.506 e. The van der Waals surface area contributed by atoms with Crippen molar-refractivity contribution in [2.45, 2.75) is 20.0 Å². The average molecular weight is 587 g/mol. The van der Waals surface area contributed by atoms with Gasteiger partial charge in [0.25, 0.3) is 5.91 Å². The number of thiocarbonyl (C=S) groups is 1. The van der Waals surface area contributed by atoms with E-state index in [9.17, 15) is 28.2 Å². The molecule has 204 valence electrons. The number of hydrogen-bond donors (Lipinski definition) is 3. The number of halogens is 4. The van der Waals surface area contributed by atoms with Crippen molar-refractivity contribution in [2.75, 3.05) is 0 Å². The Labute approximate surface area is 233 Å². The van der Waals surface area contributed by atoms with E-state index in [1.165, 1.54) is 24.3 Å². The number of benzene rings is 3. The van der Waals surface area contributed by atoms with Crippen molar-refractivity contribution < 1.29 is 32.6 Å². The Morgan fingerprint density at radius 3 is 2.40 bits per heavy atom. The standard InChI is InChI=1S/C27H18F4N4O3S2/c1-12-3-5-16(7-13(12)2)35-19-11-15(27(29,30)31)10-17(28)22(19)23(25(35)38)34-33-18-6-4-14(8-20(18)36)9-21-24(37)32-26(39)40-21/h3-11,36,38H,1-2H3,(H,32,37,39)/b21-9+,34-33?. The number of aromatic nitrogens is 1. The number of fused-ring (bicyclic) bond motifs is 1. The minimum Gasteiger partial charge on any atom is -0.506 e. The van der Waals surface area contributed by atoms with Gasteiger partial charge >= 0.3 is 6.18 Å². The lowest BCUT2D eigenvalue weighted by atomic mass is 10.1. The average Bonchev–Trinajstić information content (AvgIpc) is 3.34. The number of aryl methyl sites for hydroxylation is 2. The summed E-state index contributed by atoms with van der Waals surface area (Å²) in [5.41, 5.74) is 0.464. The summed E-state index contributed by atoms with van der Waals surface area (Å²) in [6, 6.07) is 10.2. The molecule has 1 amide bonds. The maximum absolute atomic E-state index is 15.2. The van der Waals surface area contributed by atoms with Gasteiger partial charge in [0.05, 0.1) is 21.4 Å². The minimum atomic E-state index is -4.84. The highest BCUT2D eigenvalue weighted by Gasteiger charge is 2.34. The number of alkyl halides is 3. The Hall–Kier alpha value is -4.23. The zero-order valence-corrected chi connectivity index (χ0v) is 22.3. The fourth-order valence-corrected chi connectivity index (χ4v) is 5.15. The molecule has 0 atom stereocenters. The highest BCUT2D eigenvalue weighted by atomic mass is 32.2. The molecule has 0 saturated carbocycles. The molecule has 2 heterocycles. The zero-order chi connectivity index (χ0) is 28.9. The first-order valence-electron chi connectivity index (χ1n) is 11.5.